The number of fused-ring (bicyclic) bond motifs is 2. The lowest BCUT2D eigenvalue weighted by Crippen LogP contribution is -2.57. The van der Waals surface area contributed by atoms with Gasteiger partial charge in [0.15, 0.2) is 0 Å². The molecule has 174 valence electrons. The fraction of sp³-hybridized carbons (Fsp3) is 0.296. The van der Waals surface area contributed by atoms with Crippen molar-refractivity contribution in [3.63, 3.8) is 0 Å². The number of amides is 2. The predicted octanol–water partition coefficient (Wildman–Crippen LogP) is 3.36. The number of rotatable bonds is 6. The van der Waals surface area contributed by atoms with E-state index in [9.17, 15) is 19.5 Å². The highest BCUT2D eigenvalue weighted by Crippen LogP contribution is 2.50. The molecule has 1 aromatic heterocycles. The third-order valence-electron chi connectivity index (χ3n) is 7.32. The number of hydrogen-bond acceptors (Lipinski definition) is 4. The molecule has 2 aliphatic heterocycles. The average Bonchev–Trinajstić information content (AvgIpc) is 3.46. The van der Waals surface area contributed by atoms with Crippen LogP contribution in [0, 0.1) is 18.8 Å². The number of allylic oxidation sites excluding steroid dienone is 1. The van der Waals surface area contributed by atoms with Crippen LogP contribution < -0.4 is 5.32 Å². The molecule has 4 unspecified atom stereocenters. The molecule has 2 saturated heterocycles. The van der Waals surface area contributed by atoms with Crippen molar-refractivity contribution in [3.8, 4) is 0 Å². The molecule has 0 saturated carbocycles. The summed E-state index contributed by atoms with van der Waals surface area (Å²) in [5.74, 6) is -3.69. The Kier molecular flexibility index (Phi) is 5.37. The van der Waals surface area contributed by atoms with Crippen LogP contribution in [0.5, 0.6) is 0 Å². The number of aliphatic carboxylic acids is 1. The van der Waals surface area contributed by atoms with Crippen LogP contribution >= 0.6 is 0 Å². The Hall–Kier alpha value is -3.71. The average molecular weight is 458 g/mol. The van der Waals surface area contributed by atoms with Crippen LogP contribution in [0.4, 0.5) is 0 Å². The molecule has 2 aromatic carbocycles. The van der Waals surface area contributed by atoms with Gasteiger partial charge in [-0.1, -0.05) is 54.6 Å². The van der Waals surface area contributed by atoms with E-state index >= 15 is 0 Å². The third kappa shape index (κ3) is 3.19. The molecule has 7 nitrogen and oxygen atoms in total. The second kappa shape index (κ2) is 8.25. The normalized spacial score (nSPS) is 26.6. The summed E-state index contributed by atoms with van der Waals surface area (Å²) >= 11 is 0. The van der Waals surface area contributed by atoms with Gasteiger partial charge in [-0.05, 0) is 36.6 Å². The lowest BCUT2D eigenvalue weighted by atomic mass is 9.76. The number of aromatic nitrogens is 1. The monoisotopic (exact) mass is 457 g/mol. The van der Waals surface area contributed by atoms with Crippen molar-refractivity contribution in [1.29, 1.82) is 0 Å². The molecule has 3 aromatic rings. The number of carbonyl (C=O) groups is 3. The van der Waals surface area contributed by atoms with Crippen LogP contribution in [0.1, 0.15) is 29.7 Å². The summed E-state index contributed by atoms with van der Waals surface area (Å²) in [6, 6.07) is 14.7. The molecule has 3 N–H and O–H groups in total. The van der Waals surface area contributed by atoms with Crippen molar-refractivity contribution in [3.05, 3.63) is 83.6 Å². The molecule has 2 amide bonds. The highest BCUT2D eigenvalue weighted by Gasteiger charge is 2.68. The third-order valence-corrected chi connectivity index (χ3v) is 7.32. The molecule has 4 atom stereocenters. The number of para-hydroxylation sites is 1. The van der Waals surface area contributed by atoms with Gasteiger partial charge in [0.2, 0.25) is 11.8 Å². The number of H-pyrrole nitrogens is 1. The van der Waals surface area contributed by atoms with E-state index in [4.69, 9.17) is 0 Å². The summed E-state index contributed by atoms with van der Waals surface area (Å²) in [5, 5.41) is 14.8. The highest BCUT2D eigenvalue weighted by molar-refractivity contribution is 6.09. The lowest BCUT2D eigenvalue weighted by Gasteiger charge is -2.31. The van der Waals surface area contributed by atoms with E-state index in [0.29, 0.717) is 0 Å². The number of aryl methyl sites for hydroxylation is 1. The molecule has 5 rings (SSSR count). The molecule has 34 heavy (non-hydrogen) atoms. The van der Waals surface area contributed by atoms with Gasteiger partial charge in [-0.2, -0.15) is 0 Å². The van der Waals surface area contributed by atoms with Crippen LogP contribution in [0.25, 0.3) is 10.9 Å². The van der Waals surface area contributed by atoms with E-state index in [1.165, 1.54) is 4.90 Å². The molecular weight excluding hydrogens is 430 g/mol. The summed E-state index contributed by atoms with van der Waals surface area (Å²) in [6.45, 7) is 3.90. The number of nitrogens with zero attached hydrogens (tertiary/aromatic N) is 1. The number of aromatic amines is 1. The Bertz CT molecular complexity index is 1330. The largest absolute Gasteiger partial charge is 0.480 e. The Morgan fingerprint density at radius 3 is 2.59 bits per heavy atom. The second-order valence-electron chi connectivity index (χ2n) is 9.15. The molecule has 0 radical (unpaired) electrons. The number of imide groups is 1. The van der Waals surface area contributed by atoms with Crippen LogP contribution in [0.15, 0.2) is 66.9 Å². The Morgan fingerprint density at radius 1 is 1.12 bits per heavy atom. The zero-order valence-corrected chi connectivity index (χ0v) is 19.1. The first kappa shape index (κ1) is 22.1. The number of nitrogens with one attached hydrogen (secondary N) is 2. The van der Waals surface area contributed by atoms with Gasteiger partial charge in [0.05, 0.1) is 11.8 Å². The summed E-state index contributed by atoms with van der Waals surface area (Å²) in [5.41, 5.74) is 1.85. The van der Waals surface area contributed by atoms with Gasteiger partial charge >= 0.3 is 5.97 Å². The van der Waals surface area contributed by atoms with Gasteiger partial charge in [-0.3, -0.25) is 24.6 Å². The van der Waals surface area contributed by atoms with Gasteiger partial charge < -0.3 is 10.1 Å². The van der Waals surface area contributed by atoms with E-state index in [0.717, 1.165) is 27.6 Å². The smallest absolute Gasteiger partial charge is 0.325 e. The number of hydrogen-bond donors (Lipinski definition) is 3. The highest BCUT2D eigenvalue weighted by atomic mass is 16.4. The molecule has 0 spiro atoms. The van der Waals surface area contributed by atoms with Gasteiger partial charge in [-0.15, -0.1) is 0 Å². The molecular formula is C27H27N3O4. The Morgan fingerprint density at radius 2 is 1.85 bits per heavy atom. The number of carbonyl (C=O) groups excluding carboxylic acids is 2. The minimum atomic E-state index is -1.62. The summed E-state index contributed by atoms with van der Waals surface area (Å²) in [4.78, 5) is 44.6. The second-order valence-corrected chi connectivity index (χ2v) is 9.15. The zero-order chi connectivity index (χ0) is 24.0. The maximum absolute atomic E-state index is 13.6. The predicted molar refractivity (Wildman–Crippen MR) is 128 cm³/mol. The molecule has 2 aliphatic rings. The first-order chi connectivity index (χ1) is 16.4. The van der Waals surface area contributed by atoms with Gasteiger partial charge in [0.1, 0.15) is 5.54 Å². The summed E-state index contributed by atoms with van der Waals surface area (Å²) in [7, 11) is 0. The minimum Gasteiger partial charge on any atom is -0.480 e. The first-order valence-corrected chi connectivity index (χ1v) is 11.5. The molecule has 0 aliphatic carbocycles. The number of benzene rings is 2. The van der Waals surface area contributed by atoms with E-state index in [1.807, 2.05) is 62.4 Å². The minimum absolute atomic E-state index is 0.0758. The number of likely N-dealkylation sites (tertiary alicyclic amines) is 1. The summed E-state index contributed by atoms with van der Waals surface area (Å²) < 4.78 is 0. The first-order valence-electron chi connectivity index (χ1n) is 11.5. The van der Waals surface area contributed by atoms with E-state index in [-0.39, 0.29) is 18.9 Å². The fourth-order valence-corrected chi connectivity index (χ4v) is 5.67. The van der Waals surface area contributed by atoms with Crippen molar-refractivity contribution in [2.24, 2.45) is 11.8 Å². The van der Waals surface area contributed by atoms with Crippen molar-refractivity contribution >= 4 is 28.7 Å². The fourth-order valence-electron chi connectivity index (χ4n) is 5.67. The van der Waals surface area contributed by atoms with Crippen molar-refractivity contribution in [2.75, 3.05) is 6.54 Å². The number of carboxylic acid groups (broad SMARTS) is 1. The van der Waals surface area contributed by atoms with Crippen molar-refractivity contribution < 1.29 is 19.5 Å². The topological polar surface area (TPSA) is 102 Å². The lowest BCUT2D eigenvalue weighted by molar-refractivity contribution is -0.151. The molecule has 2 fully saturated rings. The van der Waals surface area contributed by atoms with E-state index in [2.05, 4.69) is 10.3 Å². The SMILES string of the molecule is CC=CCN1C(=O)C2C(c3ccccc3C)NC(Cc3c[nH]c4ccccc34)(C(=O)O)C2C1=O. The molecule has 7 heteroatoms. The van der Waals surface area contributed by atoms with Crippen LogP contribution in [0.2, 0.25) is 0 Å². The standard InChI is InChI=1S/C27H27N3O4/c1-3-4-13-30-24(31)21-22(25(30)32)27(26(33)34,29-23(21)18-10-6-5-9-16(18)2)14-17-15-28-20-12-8-7-11-19(17)20/h3-12,15,21-23,28-29H,13-14H2,1-2H3,(H,33,34). The molecule has 3 heterocycles. The Labute approximate surface area is 197 Å². The van der Waals surface area contributed by atoms with E-state index < -0.39 is 35.3 Å². The quantitative estimate of drug-likeness (QED) is 0.389. The van der Waals surface area contributed by atoms with Gasteiger partial charge in [0, 0.05) is 36.1 Å². The summed E-state index contributed by atoms with van der Waals surface area (Å²) in [6.07, 6.45) is 5.40. The van der Waals surface area contributed by atoms with Crippen molar-refractivity contribution in [2.45, 2.75) is 31.8 Å². The van der Waals surface area contributed by atoms with Gasteiger partial charge in [0.25, 0.3) is 0 Å². The van der Waals surface area contributed by atoms with Crippen LogP contribution in [0.3, 0.4) is 0 Å². The maximum Gasteiger partial charge on any atom is 0.325 e. The van der Waals surface area contributed by atoms with Crippen LogP contribution in [-0.2, 0) is 20.8 Å². The number of carboxylic acids is 1. The van der Waals surface area contributed by atoms with Crippen LogP contribution in [-0.4, -0.2) is 44.9 Å². The van der Waals surface area contributed by atoms with E-state index in [1.54, 1.807) is 18.3 Å². The maximum atomic E-state index is 13.6. The Balaban J connectivity index is 1.66. The molecule has 0 bridgehead atoms. The van der Waals surface area contributed by atoms with Gasteiger partial charge in [-0.25, -0.2) is 0 Å². The van der Waals surface area contributed by atoms with Crippen molar-refractivity contribution in [1.82, 2.24) is 15.2 Å². The zero-order valence-electron chi connectivity index (χ0n) is 19.1.